The summed E-state index contributed by atoms with van der Waals surface area (Å²) in [6, 6.07) is 6.75. The summed E-state index contributed by atoms with van der Waals surface area (Å²) in [6.45, 7) is 0.465. The smallest absolute Gasteiger partial charge is 0.251 e. The van der Waals surface area contributed by atoms with Crippen molar-refractivity contribution in [2.24, 2.45) is 0 Å². The summed E-state index contributed by atoms with van der Waals surface area (Å²) in [5.74, 6) is -0.0986. The maximum Gasteiger partial charge on any atom is 0.251 e. The molecule has 1 aromatic rings. The van der Waals surface area contributed by atoms with Gasteiger partial charge in [-0.05, 0) is 30.7 Å². The topological polar surface area (TPSA) is 58.2 Å². The molecule has 1 aliphatic rings. The summed E-state index contributed by atoms with van der Waals surface area (Å²) >= 11 is 5.73. The third-order valence-corrected chi connectivity index (χ3v) is 2.95. The van der Waals surface area contributed by atoms with E-state index in [1.54, 1.807) is 24.3 Å². The van der Waals surface area contributed by atoms with E-state index >= 15 is 0 Å². The zero-order valence-corrected chi connectivity index (χ0v) is 9.96. The highest BCUT2D eigenvalue weighted by molar-refractivity contribution is 6.30. The molecule has 0 bridgehead atoms. The number of benzene rings is 1. The van der Waals surface area contributed by atoms with Crippen molar-refractivity contribution in [1.29, 1.82) is 0 Å². The standard InChI is InChI=1S/C12H13ClN2O2/c13-9-3-1-8(2-4-9)12(17)14-7-10-5-6-11(16)15-10/h1-4,10H,5-7H2,(H,14,17)(H,15,16). The summed E-state index contributed by atoms with van der Waals surface area (Å²) < 4.78 is 0. The molecule has 90 valence electrons. The molecule has 2 N–H and O–H groups in total. The maximum atomic E-state index is 11.7. The van der Waals surface area contributed by atoms with Crippen LogP contribution < -0.4 is 10.6 Å². The number of hydrogen-bond acceptors (Lipinski definition) is 2. The Kier molecular flexibility index (Phi) is 3.64. The lowest BCUT2D eigenvalue weighted by Gasteiger charge is -2.11. The van der Waals surface area contributed by atoms with Crippen LogP contribution in [0.5, 0.6) is 0 Å². The van der Waals surface area contributed by atoms with Crippen molar-refractivity contribution >= 4 is 23.4 Å². The summed E-state index contributed by atoms with van der Waals surface area (Å²) in [4.78, 5) is 22.7. The van der Waals surface area contributed by atoms with Crippen LogP contribution in [0.1, 0.15) is 23.2 Å². The molecular weight excluding hydrogens is 240 g/mol. The second-order valence-corrected chi connectivity index (χ2v) is 4.46. The van der Waals surface area contributed by atoms with Crippen molar-refractivity contribution in [2.75, 3.05) is 6.54 Å². The van der Waals surface area contributed by atoms with Gasteiger partial charge in [0.2, 0.25) is 5.91 Å². The molecule has 0 aromatic heterocycles. The number of rotatable bonds is 3. The minimum atomic E-state index is -0.150. The lowest BCUT2D eigenvalue weighted by Crippen LogP contribution is -2.38. The fourth-order valence-corrected chi connectivity index (χ4v) is 1.88. The van der Waals surface area contributed by atoms with Gasteiger partial charge in [-0.25, -0.2) is 0 Å². The van der Waals surface area contributed by atoms with Crippen LogP contribution in [0.3, 0.4) is 0 Å². The quantitative estimate of drug-likeness (QED) is 0.853. The average Bonchev–Trinajstić information content (AvgIpc) is 2.73. The number of halogens is 1. The van der Waals surface area contributed by atoms with Crippen molar-refractivity contribution in [2.45, 2.75) is 18.9 Å². The lowest BCUT2D eigenvalue weighted by molar-refractivity contribution is -0.119. The molecule has 5 heteroatoms. The van der Waals surface area contributed by atoms with E-state index < -0.39 is 0 Å². The summed E-state index contributed by atoms with van der Waals surface area (Å²) in [6.07, 6.45) is 1.32. The largest absolute Gasteiger partial charge is 0.352 e. The molecular formula is C12H13ClN2O2. The molecule has 2 amide bonds. The zero-order chi connectivity index (χ0) is 12.3. The molecule has 1 fully saturated rings. The lowest BCUT2D eigenvalue weighted by atomic mass is 10.2. The van der Waals surface area contributed by atoms with E-state index in [9.17, 15) is 9.59 Å². The molecule has 1 atom stereocenters. The Balaban J connectivity index is 1.85. The van der Waals surface area contributed by atoms with Gasteiger partial charge in [0.1, 0.15) is 0 Å². The highest BCUT2D eigenvalue weighted by Crippen LogP contribution is 2.10. The molecule has 4 nitrogen and oxygen atoms in total. The predicted octanol–water partition coefficient (Wildman–Crippen LogP) is 1.35. The van der Waals surface area contributed by atoms with E-state index in [0.717, 1.165) is 6.42 Å². The highest BCUT2D eigenvalue weighted by Gasteiger charge is 2.20. The SMILES string of the molecule is O=C1CCC(CNC(=O)c2ccc(Cl)cc2)N1. The molecule has 0 aliphatic carbocycles. The van der Waals surface area contributed by atoms with E-state index in [2.05, 4.69) is 10.6 Å². The monoisotopic (exact) mass is 252 g/mol. The zero-order valence-electron chi connectivity index (χ0n) is 9.20. The van der Waals surface area contributed by atoms with Gasteiger partial charge in [0, 0.05) is 29.6 Å². The van der Waals surface area contributed by atoms with Gasteiger partial charge in [0.25, 0.3) is 5.91 Å². The minimum absolute atomic E-state index is 0.0516. The van der Waals surface area contributed by atoms with Crippen molar-refractivity contribution in [3.8, 4) is 0 Å². The number of carbonyl (C=O) groups excluding carboxylic acids is 2. The van der Waals surface area contributed by atoms with Crippen molar-refractivity contribution in [1.82, 2.24) is 10.6 Å². The molecule has 1 aliphatic heterocycles. The molecule has 17 heavy (non-hydrogen) atoms. The second-order valence-electron chi connectivity index (χ2n) is 4.02. The minimum Gasteiger partial charge on any atom is -0.352 e. The van der Waals surface area contributed by atoms with Gasteiger partial charge in [-0.3, -0.25) is 9.59 Å². The first-order valence-electron chi connectivity index (χ1n) is 5.48. The highest BCUT2D eigenvalue weighted by atomic mass is 35.5. The van der Waals surface area contributed by atoms with Gasteiger partial charge in [0.05, 0.1) is 0 Å². The van der Waals surface area contributed by atoms with Crippen LogP contribution in [0.2, 0.25) is 5.02 Å². The van der Waals surface area contributed by atoms with E-state index in [0.29, 0.717) is 23.6 Å². The van der Waals surface area contributed by atoms with Crippen LogP contribution in [-0.4, -0.2) is 24.4 Å². The summed E-state index contributed by atoms with van der Waals surface area (Å²) in [5, 5.41) is 6.18. The Morgan fingerprint density at radius 1 is 1.41 bits per heavy atom. The van der Waals surface area contributed by atoms with Crippen LogP contribution in [0, 0.1) is 0 Å². The number of carbonyl (C=O) groups is 2. The van der Waals surface area contributed by atoms with Gasteiger partial charge in [-0.1, -0.05) is 11.6 Å². The first-order chi connectivity index (χ1) is 8.15. The van der Waals surface area contributed by atoms with Gasteiger partial charge < -0.3 is 10.6 Å². The van der Waals surface area contributed by atoms with Crippen LogP contribution >= 0.6 is 11.6 Å². The summed E-state index contributed by atoms with van der Waals surface area (Å²) in [5.41, 5.74) is 0.568. The maximum absolute atomic E-state index is 11.7. The van der Waals surface area contributed by atoms with Gasteiger partial charge in [-0.15, -0.1) is 0 Å². The van der Waals surface area contributed by atoms with Gasteiger partial charge in [0.15, 0.2) is 0 Å². The Bertz CT molecular complexity index is 431. The van der Waals surface area contributed by atoms with E-state index in [1.807, 2.05) is 0 Å². The van der Waals surface area contributed by atoms with Gasteiger partial charge in [-0.2, -0.15) is 0 Å². The van der Waals surface area contributed by atoms with E-state index in [1.165, 1.54) is 0 Å². The van der Waals surface area contributed by atoms with Crippen molar-refractivity contribution < 1.29 is 9.59 Å². The molecule has 0 radical (unpaired) electrons. The Labute approximate surface area is 104 Å². The molecule has 2 rings (SSSR count). The molecule has 1 saturated heterocycles. The fraction of sp³-hybridized carbons (Fsp3) is 0.333. The first kappa shape index (κ1) is 11.9. The van der Waals surface area contributed by atoms with Crippen LogP contribution in [0.4, 0.5) is 0 Å². The molecule has 1 heterocycles. The molecule has 0 spiro atoms. The number of hydrogen-bond donors (Lipinski definition) is 2. The number of nitrogens with one attached hydrogen (secondary N) is 2. The third-order valence-electron chi connectivity index (χ3n) is 2.70. The van der Waals surface area contributed by atoms with Crippen molar-refractivity contribution in [3.05, 3.63) is 34.9 Å². The Morgan fingerprint density at radius 3 is 2.71 bits per heavy atom. The van der Waals surface area contributed by atoms with Crippen LogP contribution in [0.25, 0.3) is 0 Å². The first-order valence-corrected chi connectivity index (χ1v) is 5.86. The molecule has 0 saturated carbocycles. The Morgan fingerprint density at radius 2 is 2.12 bits per heavy atom. The van der Waals surface area contributed by atoms with Crippen LogP contribution in [0.15, 0.2) is 24.3 Å². The molecule has 1 unspecified atom stereocenters. The van der Waals surface area contributed by atoms with Crippen LogP contribution in [-0.2, 0) is 4.79 Å². The third kappa shape index (κ3) is 3.20. The number of amides is 2. The predicted molar refractivity (Wildman–Crippen MR) is 64.9 cm³/mol. The average molecular weight is 253 g/mol. The normalized spacial score (nSPS) is 18.9. The molecule has 1 aromatic carbocycles. The van der Waals surface area contributed by atoms with Crippen molar-refractivity contribution in [3.63, 3.8) is 0 Å². The Hall–Kier alpha value is -1.55. The summed E-state index contributed by atoms with van der Waals surface area (Å²) in [7, 11) is 0. The van der Waals surface area contributed by atoms with E-state index in [-0.39, 0.29) is 17.9 Å². The fourth-order valence-electron chi connectivity index (χ4n) is 1.75. The second kappa shape index (κ2) is 5.19. The van der Waals surface area contributed by atoms with E-state index in [4.69, 9.17) is 11.6 Å². The van der Waals surface area contributed by atoms with Gasteiger partial charge >= 0.3 is 0 Å².